The molecule has 5 rings (SSSR count). The highest BCUT2D eigenvalue weighted by atomic mass is 35.5. The zero-order valence-corrected chi connectivity index (χ0v) is 16.7. The van der Waals surface area contributed by atoms with Crippen LogP contribution in [0.15, 0.2) is 30.3 Å². The third kappa shape index (κ3) is 3.39. The number of halogens is 1. The summed E-state index contributed by atoms with van der Waals surface area (Å²) in [5, 5.41) is 7.68. The highest BCUT2D eigenvalue weighted by Crippen LogP contribution is 2.29. The predicted octanol–water partition coefficient (Wildman–Crippen LogP) is 2.40. The zero-order valence-electron chi connectivity index (χ0n) is 15.0. The van der Waals surface area contributed by atoms with Crippen molar-refractivity contribution in [3.63, 3.8) is 0 Å². The normalized spacial score (nSPS) is 16.2. The van der Waals surface area contributed by atoms with Gasteiger partial charge in [0.05, 0.1) is 18.2 Å². The van der Waals surface area contributed by atoms with Crippen molar-refractivity contribution >= 4 is 51.6 Å². The van der Waals surface area contributed by atoms with E-state index >= 15 is 0 Å². The average molecular weight is 418 g/mol. The molecule has 28 heavy (non-hydrogen) atoms. The van der Waals surface area contributed by atoms with Gasteiger partial charge in [-0.25, -0.2) is 4.98 Å². The Hall–Kier alpha value is -2.42. The highest BCUT2D eigenvalue weighted by Gasteiger charge is 2.28. The van der Waals surface area contributed by atoms with E-state index in [9.17, 15) is 9.59 Å². The lowest BCUT2D eigenvalue weighted by Gasteiger charge is -2.25. The molecule has 0 radical (unpaired) electrons. The molecule has 2 aliphatic heterocycles. The second kappa shape index (κ2) is 7.54. The van der Waals surface area contributed by atoms with Gasteiger partial charge in [0.1, 0.15) is 5.69 Å². The summed E-state index contributed by atoms with van der Waals surface area (Å²) in [6.45, 7) is 2.61. The standard InChI is InChI=1S/C19H19N5O2S.ClH/c25-17(12-8-20-9-12)23-19-22-14-5-6-24(10-16(14)27-19)18(26)15-7-11-3-1-2-4-13(11)21-15;/h1-4,7,12,20-21H,5-6,8-10H2,(H,22,23,25);1H. The molecule has 1 aromatic carbocycles. The lowest BCUT2D eigenvalue weighted by Crippen LogP contribution is -2.48. The minimum Gasteiger partial charge on any atom is -0.351 e. The smallest absolute Gasteiger partial charge is 0.270 e. The van der Waals surface area contributed by atoms with Gasteiger partial charge < -0.3 is 20.5 Å². The van der Waals surface area contributed by atoms with Gasteiger partial charge in [-0.15, -0.1) is 12.4 Å². The first kappa shape index (κ1) is 18.9. The first-order valence-corrected chi connectivity index (χ1v) is 9.86. The largest absolute Gasteiger partial charge is 0.351 e. The van der Waals surface area contributed by atoms with Gasteiger partial charge in [-0.05, 0) is 12.1 Å². The second-order valence-corrected chi connectivity index (χ2v) is 8.06. The molecular weight excluding hydrogens is 398 g/mol. The maximum atomic E-state index is 12.9. The van der Waals surface area contributed by atoms with E-state index in [1.54, 1.807) is 0 Å². The van der Waals surface area contributed by atoms with E-state index in [1.165, 1.54) is 11.3 Å². The van der Waals surface area contributed by atoms with Crippen LogP contribution in [0.25, 0.3) is 10.9 Å². The van der Waals surface area contributed by atoms with Crippen LogP contribution in [0, 0.1) is 5.92 Å². The van der Waals surface area contributed by atoms with Crippen molar-refractivity contribution in [3.8, 4) is 0 Å². The fourth-order valence-corrected chi connectivity index (χ4v) is 4.49. The van der Waals surface area contributed by atoms with Crippen LogP contribution in [0.1, 0.15) is 21.1 Å². The Morgan fingerprint density at radius 3 is 2.82 bits per heavy atom. The molecule has 7 nitrogen and oxygen atoms in total. The van der Waals surface area contributed by atoms with Crippen LogP contribution in [-0.2, 0) is 17.8 Å². The number of thiazole rings is 1. The number of benzene rings is 1. The molecule has 3 aromatic rings. The van der Waals surface area contributed by atoms with Gasteiger partial charge in [0.15, 0.2) is 5.13 Å². The highest BCUT2D eigenvalue weighted by molar-refractivity contribution is 7.15. The molecule has 0 saturated carbocycles. The van der Waals surface area contributed by atoms with Crippen molar-refractivity contribution in [2.45, 2.75) is 13.0 Å². The first-order valence-electron chi connectivity index (χ1n) is 9.04. The van der Waals surface area contributed by atoms with E-state index in [4.69, 9.17) is 0 Å². The van der Waals surface area contributed by atoms with E-state index in [1.807, 2.05) is 35.2 Å². The molecule has 2 aromatic heterocycles. The Bertz CT molecular complexity index is 1010. The quantitative estimate of drug-likeness (QED) is 0.610. The monoisotopic (exact) mass is 417 g/mol. The van der Waals surface area contributed by atoms with E-state index in [0.29, 0.717) is 30.3 Å². The minimum absolute atomic E-state index is 0. The number of nitrogens with one attached hydrogen (secondary N) is 3. The van der Waals surface area contributed by atoms with Gasteiger partial charge in [0.2, 0.25) is 5.91 Å². The Labute approximate surface area is 171 Å². The second-order valence-electron chi connectivity index (χ2n) is 6.98. The van der Waals surface area contributed by atoms with Gasteiger partial charge in [0.25, 0.3) is 5.91 Å². The molecule has 9 heteroatoms. The van der Waals surface area contributed by atoms with Crippen molar-refractivity contribution in [3.05, 3.63) is 46.6 Å². The summed E-state index contributed by atoms with van der Waals surface area (Å²) in [6, 6.07) is 9.78. The summed E-state index contributed by atoms with van der Waals surface area (Å²) in [5.41, 5.74) is 2.56. The molecule has 2 aliphatic rings. The van der Waals surface area contributed by atoms with Gasteiger partial charge in [-0.3, -0.25) is 9.59 Å². The summed E-state index contributed by atoms with van der Waals surface area (Å²) in [6.07, 6.45) is 0.707. The molecule has 0 bridgehead atoms. The minimum atomic E-state index is -0.00335. The number of anilines is 1. The molecule has 0 spiro atoms. The third-order valence-electron chi connectivity index (χ3n) is 5.16. The fourth-order valence-electron chi connectivity index (χ4n) is 3.46. The number of carbonyl (C=O) groups excluding carboxylic acids is 2. The molecule has 0 atom stereocenters. The topological polar surface area (TPSA) is 90.1 Å². The Morgan fingerprint density at radius 1 is 1.25 bits per heavy atom. The predicted molar refractivity (Wildman–Crippen MR) is 111 cm³/mol. The summed E-state index contributed by atoms with van der Waals surface area (Å²) < 4.78 is 0. The van der Waals surface area contributed by atoms with Crippen molar-refractivity contribution < 1.29 is 9.59 Å². The van der Waals surface area contributed by atoms with Crippen molar-refractivity contribution in [2.75, 3.05) is 25.0 Å². The Balaban J connectivity index is 0.00000192. The maximum Gasteiger partial charge on any atom is 0.270 e. The molecule has 0 aliphatic carbocycles. The molecule has 1 fully saturated rings. The van der Waals surface area contributed by atoms with Crippen LogP contribution >= 0.6 is 23.7 Å². The van der Waals surface area contributed by atoms with E-state index in [0.717, 1.165) is 34.6 Å². The van der Waals surface area contributed by atoms with Crippen LogP contribution in [0.4, 0.5) is 5.13 Å². The Kier molecular flexibility index (Phi) is 5.09. The molecule has 146 valence electrons. The van der Waals surface area contributed by atoms with E-state index in [2.05, 4.69) is 20.6 Å². The SMILES string of the molecule is Cl.O=C(Nc1nc2c(s1)CN(C(=O)c1cc3ccccc3[nH]1)CC2)C1CNC1. The molecule has 2 amide bonds. The van der Waals surface area contributed by atoms with Gasteiger partial charge in [-0.1, -0.05) is 29.5 Å². The molecule has 4 heterocycles. The van der Waals surface area contributed by atoms with Gasteiger partial charge >= 0.3 is 0 Å². The van der Waals surface area contributed by atoms with Gasteiger partial charge in [-0.2, -0.15) is 0 Å². The lowest BCUT2D eigenvalue weighted by atomic mass is 10.0. The summed E-state index contributed by atoms with van der Waals surface area (Å²) >= 11 is 1.47. The summed E-state index contributed by atoms with van der Waals surface area (Å²) in [7, 11) is 0. The van der Waals surface area contributed by atoms with Crippen LogP contribution in [0.2, 0.25) is 0 Å². The first-order chi connectivity index (χ1) is 13.2. The lowest BCUT2D eigenvalue weighted by molar-refractivity contribution is -0.121. The molecule has 1 saturated heterocycles. The number of para-hydroxylation sites is 1. The number of rotatable bonds is 3. The average Bonchev–Trinajstić information content (AvgIpc) is 3.21. The number of aromatic nitrogens is 2. The van der Waals surface area contributed by atoms with Crippen LogP contribution < -0.4 is 10.6 Å². The fraction of sp³-hybridized carbons (Fsp3) is 0.316. The van der Waals surface area contributed by atoms with Crippen molar-refractivity contribution in [1.82, 2.24) is 20.2 Å². The third-order valence-corrected chi connectivity index (χ3v) is 6.16. The number of hydrogen-bond donors (Lipinski definition) is 3. The number of aromatic amines is 1. The van der Waals surface area contributed by atoms with Crippen molar-refractivity contribution in [1.29, 1.82) is 0 Å². The van der Waals surface area contributed by atoms with E-state index < -0.39 is 0 Å². The number of nitrogens with zero attached hydrogens (tertiary/aromatic N) is 2. The number of H-pyrrole nitrogens is 1. The van der Waals surface area contributed by atoms with Crippen LogP contribution in [0.3, 0.4) is 0 Å². The number of amides is 2. The molecule has 0 unspecified atom stereocenters. The van der Waals surface area contributed by atoms with Crippen LogP contribution in [0.5, 0.6) is 0 Å². The van der Waals surface area contributed by atoms with Crippen molar-refractivity contribution in [2.24, 2.45) is 5.92 Å². The number of hydrogen-bond acceptors (Lipinski definition) is 5. The number of fused-ring (bicyclic) bond motifs is 2. The van der Waals surface area contributed by atoms with Gasteiger partial charge in [0, 0.05) is 41.8 Å². The Morgan fingerprint density at radius 2 is 2.07 bits per heavy atom. The van der Waals surface area contributed by atoms with E-state index in [-0.39, 0.29) is 30.1 Å². The molecule has 3 N–H and O–H groups in total. The van der Waals surface area contributed by atoms with Crippen LogP contribution in [-0.4, -0.2) is 46.3 Å². The maximum absolute atomic E-state index is 12.9. The molecular formula is C19H20ClN5O2S. The number of carbonyl (C=O) groups is 2. The zero-order chi connectivity index (χ0) is 18.4. The summed E-state index contributed by atoms with van der Waals surface area (Å²) in [4.78, 5) is 35.6. The summed E-state index contributed by atoms with van der Waals surface area (Å²) in [5.74, 6) is 0.0493.